The van der Waals surface area contributed by atoms with Crippen LogP contribution in [0.15, 0.2) is 41.2 Å². The van der Waals surface area contributed by atoms with Gasteiger partial charge in [-0.15, -0.1) is 0 Å². The van der Waals surface area contributed by atoms with Crippen molar-refractivity contribution >= 4 is 35.2 Å². The van der Waals surface area contributed by atoms with Crippen LogP contribution in [-0.4, -0.2) is 31.7 Å². The molecule has 0 amide bonds. The first-order chi connectivity index (χ1) is 15.8. The highest BCUT2D eigenvalue weighted by atomic mass is 32.1. The summed E-state index contributed by atoms with van der Waals surface area (Å²) in [5.74, 6) is 0.598. The van der Waals surface area contributed by atoms with Gasteiger partial charge in [0.05, 0.1) is 17.2 Å². The standard InChI is InChI=1S/C22H24N4O6S/c1-4-18(15-8-10-16(11-9-15)26(29)30)32-19-13-17-21(28)24(12-6-7-20(27)31-5-2)23-22(33)25(17)14(19)3/h4,8-11,13H,5-7,12H2,1-3H3,(H,23,33)/b18-4-. The molecule has 0 saturated heterocycles. The average molecular weight is 473 g/mol. The maximum Gasteiger partial charge on any atom is 0.305 e. The van der Waals surface area contributed by atoms with E-state index in [-0.39, 0.29) is 30.2 Å². The number of aromatic amines is 1. The third-order valence-corrected chi connectivity index (χ3v) is 5.29. The second kappa shape index (κ2) is 10.3. The van der Waals surface area contributed by atoms with Gasteiger partial charge in [0.2, 0.25) is 0 Å². The molecule has 2 heterocycles. The van der Waals surface area contributed by atoms with Crippen LogP contribution in [0.2, 0.25) is 0 Å². The zero-order valence-corrected chi connectivity index (χ0v) is 19.3. The van der Waals surface area contributed by atoms with Gasteiger partial charge in [-0.1, -0.05) is 0 Å². The molecule has 0 fully saturated rings. The molecule has 0 bridgehead atoms. The highest BCUT2D eigenvalue weighted by Gasteiger charge is 2.16. The Bertz CT molecular complexity index is 1330. The molecule has 11 heteroatoms. The first-order valence-corrected chi connectivity index (χ1v) is 10.8. The number of ether oxygens (including phenoxy) is 2. The summed E-state index contributed by atoms with van der Waals surface area (Å²) < 4.78 is 14.2. The monoisotopic (exact) mass is 472 g/mol. The Morgan fingerprint density at radius 3 is 2.61 bits per heavy atom. The van der Waals surface area contributed by atoms with E-state index in [0.717, 1.165) is 0 Å². The van der Waals surface area contributed by atoms with Crippen LogP contribution in [0.4, 0.5) is 5.69 Å². The minimum atomic E-state index is -0.468. The predicted octanol–water partition coefficient (Wildman–Crippen LogP) is 4.16. The molecular weight excluding hydrogens is 448 g/mol. The van der Waals surface area contributed by atoms with E-state index in [1.54, 1.807) is 49.4 Å². The van der Waals surface area contributed by atoms with Gasteiger partial charge in [0.25, 0.3) is 11.2 Å². The molecule has 0 radical (unpaired) electrons. The van der Waals surface area contributed by atoms with E-state index in [2.05, 4.69) is 5.10 Å². The van der Waals surface area contributed by atoms with Crippen LogP contribution in [-0.2, 0) is 16.1 Å². The zero-order chi connectivity index (χ0) is 24.1. The number of nitro benzene ring substituents is 1. The maximum atomic E-state index is 13.0. The minimum Gasteiger partial charge on any atom is -0.466 e. The van der Waals surface area contributed by atoms with Gasteiger partial charge in [-0.3, -0.25) is 29.2 Å². The van der Waals surface area contributed by atoms with Crippen molar-refractivity contribution in [2.45, 2.75) is 40.2 Å². The van der Waals surface area contributed by atoms with Gasteiger partial charge < -0.3 is 9.47 Å². The molecule has 1 aromatic carbocycles. The Morgan fingerprint density at radius 1 is 1.30 bits per heavy atom. The van der Waals surface area contributed by atoms with E-state index in [1.807, 2.05) is 0 Å². The Morgan fingerprint density at radius 2 is 2.00 bits per heavy atom. The van der Waals surface area contributed by atoms with Gasteiger partial charge in [-0.2, -0.15) is 0 Å². The number of esters is 1. The number of carbonyl (C=O) groups is 1. The quantitative estimate of drug-likeness (QED) is 0.163. The molecule has 0 unspecified atom stereocenters. The lowest BCUT2D eigenvalue weighted by atomic mass is 10.1. The van der Waals surface area contributed by atoms with Crippen molar-refractivity contribution in [2.24, 2.45) is 0 Å². The summed E-state index contributed by atoms with van der Waals surface area (Å²) in [5, 5.41) is 13.8. The smallest absolute Gasteiger partial charge is 0.305 e. The summed E-state index contributed by atoms with van der Waals surface area (Å²) in [6.07, 6.45) is 2.35. The molecule has 10 nitrogen and oxygen atoms in total. The number of hydrogen-bond acceptors (Lipinski definition) is 7. The second-order valence-corrected chi connectivity index (χ2v) is 7.54. The normalized spacial score (nSPS) is 11.5. The van der Waals surface area contributed by atoms with Crippen LogP contribution in [0.25, 0.3) is 11.3 Å². The number of aryl methyl sites for hydroxylation is 2. The number of benzene rings is 1. The number of rotatable bonds is 9. The molecule has 3 aromatic rings. The van der Waals surface area contributed by atoms with E-state index in [0.29, 0.717) is 46.1 Å². The Balaban J connectivity index is 1.89. The first-order valence-electron chi connectivity index (χ1n) is 10.4. The largest absolute Gasteiger partial charge is 0.466 e. The summed E-state index contributed by atoms with van der Waals surface area (Å²) in [6.45, 7) is 5.89. The highest BCUT2D eigenvalue weighted by Crippen LogP contribution is 2.28. The van der Waals surface area contributed by atoms with Crippen LogP contribution in [0, 0.1) is 21.8 Å². The fraction of sp³-hybridized carbons (Fsp3) is 0.318. The molecule has 1 N–H and O–H groups in total. The molecule has 0 aliphatic carbocycles. The van der Waals surface area contributed by atoms with E-state index in [9.17, 15) is 19.7 Å². The minimum absolute atomic E-state index is 0.0187. The summed E-state index contributed by atoms with van der Waals surface area (Å²) in [7, 11) is 0. The number of nitrogens with one attached hydrogen (secondary N) is 1. The molecule has 0 aliphatic rings. The van der Waals surface area contributed by atoms with Crippen molar-refractivity contribution in [2.75, 3.05) is 6.61 Å². The SMILES string of the molecule is C/C=C(\Oc1cc2c(=O)n(CCCC(=O)OCC)[nH]c(=S)n2c1C)c1ccc([N+](=O)[O-])cc1. The van der Waals surface area contributed by atoms with Crippen molar-refractivity contribution in [3.05, 3.63) is 72.9 Å². The summed E-state index contributed by atoms with van der Waals surface area (Å²) in [4.78, 5) is 35.0. The topological polar surface area (TPSA) is 121 Å². The van der Waals surface area contributed by atoms with Gasteiger partial charge in [0.1, 0.15) is 17.0 Å². The lowest BCUT2D eigenvalue weighted by Crippen LogP contribution is -2.26. The van der Waals surface area contributed by atoms with Crippen molar-refractivity contribution < 1.29 is 19.2 Å². The van der Waals surface area contributed by atoms with Crippen LogP contribution in [0.5, 0.6) is 5.75 Å². The van der Waals surface area contributed by atoms with Crippen molar-refractivity contribution in [1.29, 1.82) is 0 Å². The summed E-state index contributed by atoms with van der Waals surface area (Å²) in [6, 6.07) is 7.61. The highest BCUT2D eigenvalue weighted by molar-refractivity contribution is 7.71. The predicted molar refractivity (Wildman–Crippen MR) is 125 cm³/mol. The number of fused-ring (bicyclic) bond motifs is 1. The molecular formula is C22H24N4O6S. The van der Waals surface area contributed by atoms with Gasteiger partial charge in [0.15, 0.2) is 4.77 Å². The fourth-order valence-electron chi connectivity index (χ4n) is 3.38. The Kier molecular flexibility index (Phi) is 7.44. The van der Waals surface area contributed by atoms with Crippen molar-refractivity contribution in [3.8, 4) is 5.75 Å². The Hall–Kier alpha value is -3.73. The van der Waals surface area contributed by atoms with Crippen LogP contribution in [0.1, 0.15) is 37.9 Å². The van der Waals surface area contributed by atoms with Crippen molar-refractivity contribution in [1.82, 2.24) is 14.2 Å². The summed E-state index contributed by atoms with van der Waals surface area (Å²) in [5.41, 5.74) is 1.29. The van der Waals surface area contributed by atoms with E-state index in [4.69, 9.17) is 21.7 Å². The van der Waals surface area contributed by atoms with E-state index >= 15 is 0 Å². The van der Waals surface area contributed by atoms with E-state index in [1.165, 1.54) is 16.8 Å². The number of carbonyl (C=O) groups excluding carboxylic acids is 1. The molecule has 2 aromatic heterocycles. The van der Waals surface area contributed by atoms with Crippen LogP contribution in [0.3, 0.4) is 0 Å². The number of nitro groups is 1. The van der Waals surface area contributed by atoms with Crippen LogP contribution < -0.4 is 10.3 Å². The number of nitrogens with zero attached hydrogens (tertiary/aromatic N) is 3. The third kappa shape index (κ3) is 5.20. The van der Waals surface area contributed by atoms with Gasteiger partial charge in [0, 0.05) is 36.7 Å². The fourth-order valence-corrected chi connectivity index (χ4v) is 3.73. The molecule has 0 atom stereocenters. The van der Waals surface area contributed by atoms with Crippen LogP contribution >= 0.6 is 12.2 Å². The molecule has 33 heavy (non-hydrogen) atoms. The van der Waals surface area contributed by atoms with Crippen molar-refractivity contribution in [3.63, 3.8) is 0 Å². The molecule has 174 valence electrons. The number of non-ortho nitro benzene ring substituents is 1. The lowest BCUT2D eigenvalue weighted by Gasteiger charge is -2.10. The van der Waals surface area contributed by atoms with Gasteiger partial charge in [-0.25, -0.2) is 4.68 Å². The third-order valence-electron chi connectivity index (χ3n) is 5.01. The lowest BCUT2D eigenvalue weighted by molar-refractivity contribution is -0.384. The van der Waals surface area contributed by atoms with E-state index < -0.39 is 4.92 Å². The molecule has 0 spiro atoms. The first kappa shape index (κ1) is 23.9. The number of aromatic nitrogens is 3. The van der Waals surface area contributed by atoms with Gasteiger partial charge >= 0.3 is 5.97 Å². The zero-order valence-electron chi connectivity index (χ0n) is 18.5. The summed E-state index contributed by atoms with van der Waals surface area (Å²) >= 11 is 5.44. The Labute approximate surface area is 194 Å². The average Bonchev–Trinajstić information content (AvgIpc) is 3.12. The number of allylic oxidation sites excluding steroid dienone is 1. The molecule has 0 aliphatic heterocycles. The maximum absolute atomic E-state index is 13.0. The molecule has 3 rings (SSSR count). The van der Waals surface area contributed by atoms with Gasteiger partial charge in [-0.05, 0) is 57.6 Å². The number of hydrogen-bond donors (Lipinski definition) is 1. The number of H-pyrrole nitrogens is 1. The molecule has 0 saturated carbocycles. The second-order valence-electron chi connectivity index (χ2n) is 7.16.